The van der Waals surface area contributed by atoms with Gasteiger partial charge in [-0.15, -0.1) is 11.8 Å². The van der Waals surface area contributed by atoms with Crippen LogP contribution in [0.5, 0.6) is 0 Å². The molecule has 0 amide bonds. The molecule has 0 nitrogen and oxygen atoms in total. The molecular formula is C7H5F2IS. The fourth-order valence-corrected chi connectivity index (χ4v) is 1.56. The Morgan fingerprint density at radius 3 is 2.45 bits per heavy atom. The first-order valence-electron chi connectivity index (χ1n) is 2.84. The molecule has 0 radical (unpaired) electrons. The number of hydrogen-bond acceptors (Lipinski definition) is 1. The maximum absolute atomic E-state index is 12.9. The summed E-state index contributed by atoms with van der Waals surface area (Å²) in [5, 5.41) is 0. The Morgan fingerprint density at radius 2 is 1.91 bits per heavy atom. The normalized spacial score (nSPS) is 10.2. The quantitative estimate of drug-likeness (QED) is 0.433. The zero-order valence-corrected chi connectivity index (χ0v) is 8.67. The van der Waals surface area contributed by atoms with Gasteiger partial charge in [0.25, 0.3) is 0 Å². The molecule has 1 aromatic carbocycles. The van der Waals surface area contributed by atoms with Crippen LogP contribution >= 0.6 is 34.4 Å². The Labute approximate surface area is 81.5 Å². The van der Waals surface area contributed by atoms with Crippen molar-refractivity contribution in [1.82, 2.24) is 0 Å². The molecule has 0 saturated carbocycles. The minimum Gasteiger partial charge on any atom is -0.203 e. The minimum atomic E-state index is -0.752. The van der Waals surface area contributed by atoms with Crippen molar-refractivity contribution in [3.8, 4) is 0 Å². The van der Waals surface area contributed by atoms with Gasteiger partial charge in [-0.3, -0.25) is 0 Å². The van der Waals surface area contributed by atoms with E-state index in [1.165, 1.54) is 11.8 Å². The van der Waals surface area contributed by atoms with Crippen LogP contribution in [0.4, 0.5) is 8.78 Å². The number of halogens is 3. The van der Waals surface area contributed by atoms with Crippen LogP contribution in [0.2, 0.25) is 0 Å². The van der Waals surface area contributed by atoms with Gasteiger partial charge < -0.3 is 0 Å². The molecule has 11 heavy (non-hydrogen) atoms. The predicted octanol–water partition coefficient (Wildman–Crippen LogP) is 3.29. The Bertz CT molecular complexity index is 275. The van der Waals surface area contributed by atoms with Crippen molar-refractivity contribution in [3.63, 3.8) is 0 Å². The monoisotopic (exact) mass is 286 g/mol. The van der Waals surface area contributed by atoms with Crippen LogP contribution in [0.15, 0.2) is 17.0 Å². The Kier molecular flexibility index (Phi) is 3.12. The second-order valence-corrected chi connectivity index (χ2v) is 3.89. The molecule has 0 saturated heterocycles. The Balaban J connectivity index is 3.25. The van der Waals surface area contributed by atoms with E-state index in [1.54, 1.807) is 41.0 Å². The van der Waals surface area contributed by atoms with E-state index in [0.29, 0.717) is 8.47 Å². The Hall–Kier alpha value is 0.160. The zero-order valence-electron chi connectivity index (χ0n) is 5.70. The molecule has 0 fully saturated rings. The third kappa shape index (κ3) is 1.84. The molecule has 0 aliphatic carbocycles. The molecule has 0 atom stereocenters. The third-order valence-electron chi connectivity index (χ3n) is 1.22. The lowest BCUT2D eigenvalue weighted by Crippen LogP contribution is -1.90. The maximum atomic E-state index is 12.9. The molecule has 0 spiro atoms. The molecule has 0 aliphatic heterocycles. The summed E-state index contributed by atoms with van der Waals surface area (Å²) in [6.45, 7) is 0. The second-order valence-electron chi connectivity index (χ2n) is 1.88. The Morgan fingerprint density at radius 1 is 1.27 bits per heavy atom. The summed E-state index contributed by atoms with van der Waals surface area (Å²) in [4.78, 5) is 0.350. The van der Waals surface area contributed by atoms with E-state index in [1.807, 2.05) is 0 Å². The average Bonchev–Trinajstić information content (AvgIpc) is 2.01. The van der Waals surface area contributed by atoms with Crippen molar-refractivity contribution in [2.24, 2.45) is 0 Å². The van der Waals surface area contributed by atoms with Crippen LogP contribution in [0.3, 0.4) is 0 Å². The number of hydrogen-bond donors (Lipinski definition) is 0. The van der Waals surface area contributed by atoms with Crippen molar-refractivity contribution < 1.29 is 8.78 Å². The van der Waals surface area contributed by atoms with Crippen LogP contribution in [-0.2, 0) is 0 Å². The highest BCUT2D eigenvalue weighted by Gasteiger charge is 2.09. The van der Waals surface area contributed by atoms with Crippen LogP contribution < -0.4 is 0 Å². The van der Waals surface area contributed by atoms with E-state index in [2.05, 4.69) is 0 Å². The van der Waals surface area contributed by atoms with Gasteiger partial charge in [-0.05, 0) is 41.0 Å². The molecule has 0 aliphatic rings. The summed E-state index contributed by atoms with van der Waals surface area (Å²) in [6.07, 6.45) is 1.71. The summed E-state index contributed by atoms with van der Waals surface area (Å²) in [5.41, 5.74) is 0. The van der Waals surface area contributed by atoms with Crippen LogP contribution in [0.25, 0.3) is 0 Å². The van der Waals surface area contributed by atoms with Crippen molar-refractivity contribution >= 4 is 34.4 Å². The second kappa shape index (κ2) is 3.71. The van der Waals surface area contributed by atoms with Gasteiger partial charge in [-0.25, -0.2) is 8.78 Å². The number of rotatable bonds is 1. The van der Waals surface area contributed by atoms with E-state index < -0.39 is 11.6 Å². The molecule has 0 unspecified atom stereocenters. The van der Waals surface area contributed by atoms with Crippen molar-refractivity contribution in [3.05, 3.63) is 27.3 Å². The van der Waals surface area contributed by atoms with Gasteiger partial charge >= 0.3 is 0 Å². The molecule has 1 rings (SSSR count). The summed E-state index contributed by atoms with van der Waals surface area (Å²) in [6, 6.07) is 3.13. The first-order chi connectivity index (χ1) is 5.16. The summed E-state index contributed by atoms with van der Waals surface area (Å²) in [5.74, 6) is -1.50. The van der Waals surface area contributed by atoms with Gasteiger partial charge in [0.1, 0.15) is 0 Å². The highest BCUT2D eigenvalue weighted by Crippen LogP contribution is 2.24. The van der Waals surface area contributed by atoms with Gasteiger partial charge in [-0.2, -0.15) is 0 Å². The molecule has 60 valence electrons. The predicted molar refractivity (Wildman–Crippen MR) is 50.9 cm³/mol. The molecule has 1 aromatic rings. The van der Waals surface area contributed by atoms with E-state index in [0.717, 1.165) is 0 Å². The van der Waals surface area contributed by atoms with Gasteiger partial charge in [-0.1, -0.05) is 0 Å². The highest BCUT2D eigenvalue weighted by molar-refractivity contribution is 14.1. The first kappa shape index (κ1) is 9.25. The van der Waals surface area contributed by atoms with Crippen molar-refractivity contribution in [2.45, 2.75) is 4.90 Å². The van der Waals surface area contributed by atoms with Gasteiger partial charge in [0.05, 0.1) is 3.57 Å². The van der Waals surface area contributed by atoms with Gasteiger partial charge in [0, 0.05) is 4.90 Å². The van der Waals surface area contributed by atoms with Gasteiger partial charge in [0.15, 0.2) is 11.6 Å². The lowest BCUT2D eigenvalue weighted by atomic mass is 10.3. The SMILES string of the molecule is CSc1ccc(I)c(F)c1F. The van der Waals surface area contributed by atoms with Gasteiger partial charge in [0.2, 0.25) is 0 Å². The van der Waals surface area contributed by atoms with E-state index in [-0.39, 0.29) is 0 Å². The topological polar surface area (TPSA) is 0 Å². The highest BCUT2D eigenvalue weighted by atomic mass is 127. The molecular weight excluding hydrogens is 281 g/mol. The lowest BCUT2D eigenvalue weighted by molar-refractivity contribution is 0.487. The molecule has 0 heterocycles. The van der Waals surface area contributed by atoms with E-state index in [4.69, 9.17) is 0 Å². The van der Waals surface area contributed by atoms with Crippen LogP contribution in [-0.4, -0.2) is 6.26 Å². The lowest BCUT2D eigenvalue weighted by Gasteiger charge is -2.00. The fraction of sp³-hybridized carbons (Fsp3) is 0.143. The third-order valence-corrected chi connectivity index (χ3v) is 2.81. The van der Waals surface area contributed by atoms with Crippen LogP contribution in [0.1, 0.15) is 0 Å². The van der Waals surface area contributed by atoms with E-state index >= 15 is 0 Å². The zero-order chi connectivity index (χ0) is 8.43. The standard InChI is InChI=1S/C7H5F2IS/c1-11-5-3-2-4(10)6(8)7(5)9/h2-3H,1H3. The number of thioether (sulfide) groups is 1. The maximum Gasteiger partial charge on any atom is 0.173 e. The minimum absolute atomic E-state index is 0.318. The number of benzene rings is 1. The fourth-order valence-electron chi connectivity index (χ4n) is 0.666. The first-order valence-corrected chi connectivity index (χ1v) is 5.14. The average molecular weight is 286 g/mol. The smallest absolute Gasteiger partial charge is 0.173 e. The largest absolute Gasteiger partial charge is 0.203 e. The summed E-state index contributed by atoms with van der Waals surface area (Å²) in [7, 11) is 0. The van der Waals surface area contributed by atoms with Crippen molar-refractivity contribution in [2.75, 3.05) is 6.26 Å². The molecule has 0 aromatic heterocycles. The molecule has 4 heteroatoms. The molecule has 0 N–H and O–H groups in total. The van der Waals surface area contributed by atoms with Crippen LogP contribution in [0, 0.1) is 15.2 Å². The summed E-state index contributed by atoms with van der Waals surface area (Å²) < 4.78 is 26.0. The molecule has 0 bridgehead atoms. The van der Waals surface area contributed by atoms with E-state index in [9.17, 15) is 8.78 Å². The summed E-state index contributed by atoms with van der Waals surface area (Å²) >= 11 is 2.96. The van der Waals surface area contributed by atoms with Crippen molar-refractivity contribution in [1.29, 1.82) is 0 Å².